The Morgan fingerprint density at radius 3 is 2.45 bits per heavy atom. The van der Waals surface area contributed by atoms with Crippen molar-refractivity contribution in [3.63, 3.8) is 0 Å². The van der Waals surface area contributed by atoms with Crippen molar-refractivity contribution in [2.45, 2.75) is 19.0 Å². The molecule has 0 spiro atoms. The molecule has 2 rings (SSSR count). The van der Waals surface area contributed by atoms with Crippen LogP contribution in [0.5, 0.6) is 0 Å². The van der Waals surface area contributed by atoms with E-state index in [1.807, 2.05) is 24.3 Å². The Morgan fingerprint density at radius 1 is 1.32 bits per heavy atom. The fraction of sp³-hybridized carbons (Fsp3) is 0.429. The summed E-state index contributed by atoms with van der Waals surface area (Å²) < 4.78 is 23.7. The zero-order valence-corrected chi connectivity index (χ0v) is 13.2. The van der Waals surface area contributed by atoms with Gasteiger partial charge in [0.25, 0.3) is 0 Å². The molecule has 1 amide bonds. The van der Waals surface area contributed by atoms with E-state index in [9.17, 15) is 23.1 Å². The van der Waals surface area contributed by atoms with Gasteiger partial charge in [0.15, 0.2) is 0 Å². The van der Waals surface area contributed by atoms with Gasteiger partial charge in [-0.25, -0.2) is 13.2 Å². The number of carboxylic acids is 1. The van der Waals surface area contributed by atoms with E-state index < -0.39 is 27.9 Å². The van der Waals surface area contributed by atoms with Crippen LogP contribution in [-0.2, 0) is 32.6 Å². The van der Waals surface area contributed by atoms with Crippen molar-refractivity contribution in [2.75, 3.05) is 19.8 Å². The fourth-order valence-corrected chi connectivity index (χ4v) is 2.75. The molecular weight excluding hydrogens is 308 g/mol. The Hall–Kier alpha value is -1.93. The van der Waals surface area contributed by atoms with Crippen molar-refractivity contribution < 1.29 is 23.1 Å². The summed E-state index contributed by atoms with van der Waals surface area (Å²) in [4.78, 5) is 25.0. The van der Waals surface area contributed by atoms with Crippen LogP contribution >= 0.6 is 0 Å². The molecular formula is C14H18N2O5S. The van der Waals surface area contributed by atoms with E-state index in [-0.39, 0.29) is 19.5 Å². The van der Waals surface area contributed by atoms with Gasteiger partial charge in [-0.1, -0.05) is 24.3 Å². The lowest BCUT2D eigenvalue weighted by atomic mass is 9.94. The molecule has 7 nitrogen and oxygen atoms in total. The third-order valence-electron chi connectivity index (χ3n) is 3.78. The molecule has 1 N–H and O–H groups in total. The number of fused-ring (bicyclic) bond motifs is 1. The van der Waals surface area contributed by atoms with Crippen molar-refractivity contribution in [2.24, 2.45) is 0 Å². The van der Waals surface area contributed by atoms with Crippen LogP contribution in [0.3, 0.4) is 0 Å². The zero-order chi connectivity index (χ0) is 16.5. The van der Waals surface area contributed by atoms with Crippen LogP contribution in [0.15, 0.2) is 24.3 Å². The van der Waals surface area contributed by atoms with Gasteiger partial charge in [-0.2, -0.15) is 4.31 Å². The molecule has 22 heavy (non-hydrogen) atoms. The molecule has 1 atom stereocenters. The highest BCUT2D eigenvalue weighted by atomic mass is 32.2. The minimum atomic E-state index is -3.50. The first kappa shape index (κ1) is 16.4. The first-order valence-corrected chi connectivity index (χ1v) is 8.55. The molecule has 0 radical (unpaired) electrons. The minimum Gasteiger partial charge on any atom is -0.480 e. The molecule has 1 aliphatic rings. The van der Waals surface area contributed by atoms with Gasteiger partial charge in [0.1, 0.15) is 6.04 Å². The monoisotopic (exact) mass is 326 g/mol. The van der Waals surface area contributed by atoms with Gasteiger partial charge < -0.3 is 10.0 Å². The maximum atomic E-state index is 12.3. The Bertz CT molecular complexity index is 701. The van der Waals surface area contributed by atoms with E-state index in [4.69, 9.17) is 0 Å². The van der Waals surface area contributed by atoms with Crippen molar-refractivity contribution in [1.82, 2.24) is 9.21 Å². The number of carbonyl (C=O) groups is 2. The lowest BCUT2D eigenvalue weighted by Crippen LogP contribution is -2.51. The standard InChI is InChI=1S/C14H18N2O5S/c1-15(22(2,20)21)9-13(17)16-8-11-6-4-3-5-10(11)7-12(16)14(18)19/h3-6,12H,7-9H2,1-2H3,(H,18,19)/t12-/m0/s1. The van der Waals surface area contributed by atoms with Crippen LogP contribution in [0.25, 0.3) is 0 Å². The number of likely N-dealkylation sites (N-methyl/N-ethyl adjacent to an activating group) is 1. The van der Waals surface area contributed by atoms with Crippen LogP contribution in [-0.4, -0.2) is 60.5 Å². The third kappa shape index (κ3) is 3.45. The van der Waals surface area contributed by atoms with E-state index >= 15 is 0 Å². The van der Waals surface area contributed by atoms with Crippen LogP contribution in [0.4, 0.5) is 0 Å². The highest BCUT2D eigenvalue weighted by Gasteiger charge is 2.35. The predicted molar refractivity (Wildman–Crippen MR) is 79.6 cm³/mol. The number of amides is 1. The highest BCUT2D eigenvalue weighted by molar-refractivity contribution is 7.88. The Balaban J connectivity index is 2.24. The van der Waals surface area contributed by atoms with Crippen molar-refractivity contribution >= 4 is 21.9 Å². The minimum absolute atomic E-state index is 0.170. The molecule has 1 aliphatic heterocycles. The van der Waals surface area contributed by atoms with Gasteiger partial charge in [-0.05, 0) is 11.1 Å². The van der Waals surface area contributed by atoms with Crippen LogP contribution < -0.4 is 0 Å². The molecule has 1 aromatic rings. The summed E-state index contributed by atoms with van der Waals surface area (Å²) in [5, 5.41) is 9.35. The van der Waals surface area contributed by atoms with E-state index in [0.717, 1.165) is 21.7 Å². The topological polar surface area (TPSA) is 95.0 Å². The molecule has 1 heterocycles. The number of hydrogen-bond donors (Lipinski definition) is 1. The summed E-state index contributed by atoms with van der Waals surface area (Å²) >= 11 is 0. The second-order valence-corrected chi connectivity index (χ2v) is 7.46. The Labute approximate surface area is 129 Å². The normalized spacial score (nSPS) is 18.1. The second-order valence-electron chi connectivity index (χ2n) is 5.37. The van der Waals surface area contributed by atoms with E-state index in [1.165, 1.54) is 11.9 Å². The maximum absolute atomic E-state index is 12.3. The summed E-state index contributed by atoms with van der Waals surface area (Å²) in [7, 11) is -2.20. The van der Waals surface area contributed by atoms with E-state index in [1.54, 1.807) is 0 Å². The number of rotatable bonds is 4. The molecule has 1 aromatic carbocycles. The molecule has 0 bridgehead atoms. The second kappa shape index (κ2) is 6.05. The van der Waals surface area contributed by atoms with Gasteiger partial charge in [-0.3, -0.25) is 4.79 Å². The Morgan fingerprint density at radius 2 is 1.91 bits per heavy atom. The number of carbonyl (C=O) groups excluding carboxylic acids is 1. The number of benzene rings is 1. The third-order valence-corrected chi connectivity index (χ3v) is 5.04. The largest absolute Gasteiger partial charge is 0.480 e. The molecule has 8 heteroatoms. The van der Waals surface area contributed by atoms with Gasteiger partial charge in [-0.15, -0.1) is 0 Å². The predicted octanol–water partition coefficient (Wildman–Crippen LogP) is -0.0841. The average Bonchev–Trinajstić information content (AvgIpc) is 2.44. The number of carboxylic acid groups (broad SMARTS) is 1. The first-order valence-electron chi connectivity index (χ1n) is 6.70. The van der Waals surface area contributed by atoms with Gasteiger partial charge in [0, 0.05) is 20.0 Å². The number of nitrogens with zero attached hydrogens (tertiary/aromatic N) is 2. The van der Waals surface area contributed by atoms with Gasteiger partial charge >= 0.3 is 5.97 Å². The lowest BCUT2D eigenvalue weighted by Gasteiger charge is -2.35. The highest BCUT2D eigenvalue weighted by Crippen LogP contribution is 2.23. The summed E-state index contributed by atoms with van der Waals surface area (Å²) in [6, 6.07) is 6.36. The molecule has 0 saturated carbocycles. The van der Waals surface area contributed by atoms with E-state index in [2.05, 4.69) is 0 Å². The fourth-order valence-electron chi connectivity index (χ4n) is 2.40. The lowest BCUT2D eigenvalue weighted by molar-refractivity contribution is -0.151. The number of aliphatic carboxylic acids is 1. The molecule has 120 valence electrons. The number of sulfonamides is 1. The summed E-state index contributed by atoms with van der Waals surface area (Å²) in [5.74, 6) is -1.61. The molecule has 0 saturated heterocycles. The van der Waals surface area contributed by atoms with E-state index in [0.29, 0.717) is 0 Å². The summed E-state index contributed by atoms with van der Waals surface area (Å²) in [6.07, 6.45) is 1.22. The summed E-state index contributed by atoms with van der Waals surface area (Å²) in [5.41, 5.74) is 1.78. The average molecular weight is 326 g/mol. The number of hydrogen-bond acceptors (Lipinski definition) is 4. The molecule has 0 aliphatic carbocycles. The van der Waals surface area contributed by atoms with Crippen LogP contribution in [0.2, 0.25) is 0 Å². The summed E-state index contributed by atoms with van der Waals surface area (Å²) in [6.45, 7) is -0.200. The zero-order valence-electron chi connectivity index (χ0n) is 12.4. The van der Waals surface area contributed by atoms with Crippen molar-refractivity contribution in [3.05, 3.63) is 35.4 Å². The first-order chi connectivity index (χ1) is 10.2. The van der Waals surface area contributed by atoms with Crippen LogP contribution in [0.1, 0.15) is 11.1 Å². The maximum Gasteiger partial charge on any atom is 0.326 e. The molecule has 0 aromatic heterocycles. The smallest absolute Gasteiger partial charge is 0.326 e. The van der Waals surface area contributed by atoms with Crippen LogP contribution in [0, 0.1) is 0 Å². The SMILES string of the molecule is CN(CC(=O)N1Cc2ccccc2C[C@H]1C(=O)O)S(C)(=O)=O. The van der Waals surface area contributed by atoms with Crippen molar-refractivity contribution in [3.8, 4) is 0 Å². The van der Waals surface area contributed by atoms with Crippen molar-refractivity contribution in [1.29, 1.82) is 0 Å². The van der Waals surface area contributed by atoms with Gasteiger partial charge in [0.05, 0.1) is 12.8 Å². The molecule has 0 fully saturated rings. The quantitative estimate of drug-likeness (QED) is 0.835. The molecule has 0 unspecified atom stereocenters. The van der Waals surface area contributed by atoms with Gasteiger partial charge in [0.2, 0.25) is 15.9 Å². The Kier molecular flexibility index (Phi) is 4.52.